The van der Waals surface area contributed by atoms with Crippen LogP contribution in [0, 0.1) is 11.3 Å². The van der Waals surface area contributed by atoms with Crippen molar-refractivity contribution in [1.82, 2.24) is 4.31 Å². The van der Waals surface area contributed by atoms with Gasteiger partial charge >= 0.3 is 0 Å². The zero-order valence-electron chi connectivity index (χ0n) is 10.3. The lowest BCUT2D eigenvalue weighted by Crippen LogP contribution is -2.41. The molecule has 1 fully saturated rings. The van der Waals surface area contributed by atoms with Crippen molar-refractivity contribution in [3.8, 4) is 0 Å². The van der Waals surface area contributed by atoms with Crippen LogP contribution in [0.1, 0.15) is 40.5 Å². The van der Waals surface area contributed by atoms with E-state index < -0.39 is 10.0 Å². The maximum atomic E-state index is 11.6. The van der Waals surface area contributed by atoms with Crippen LogP contribution in [0.5, 0.6) is 0 Å². The van der Waals surface area contributed by atoms with E-state index in [1.54, 1.807) is 11.2 Å². The van der Waals surface area contributed by atoms with Crippen molar-refractivity contribution in [1.29, 1.82) is 0 Å². The summed E-state index contributed by atoms with van der Waals surface area (Å²) < 4.78 is 24.9. The van der Waals surface area contributed by atoms with Crippen LogP contribution in [0.15, 0.2) is 0 Å². The normalized spacial score (nSPS) is 21.9. The Morgan fingerprint density at radius 2 is 1.67 bits per heavy atom. The first-order valence-corrected chi connectivity index (χ1v) is 7.36. The fraction of sp³-hybridized carbons (Fsp3) is 1.00. The molecule has 0 radical (unpaired) electrons. The lowest BCUT2D eigenvalue weighted by molar-refractivity contribution is 0.154. The Morgan fingerprint density at radius 1 is 1.20 bits per heavy atom. The summed E-state index contributed by atoms with van der Waals surface area (Å²) in [6.07, 6.45) is 2.01. The number of piperidine rings is 1. The molecule has 0 aliphatic carbocycles. The smallest absolute Gasteiger partial charge is 0.212 e. The summed E-state index contributed by atoms with van der Waals surface area (Å²) in [6.45, 7) is 9.84. The second-order valence-corrected chi connectivity index (χ2v) is 7.70. The van der Waals surface area contributed by atoms with Crippen molar-refractivity contribution in [2.45, 2.75) is 40.5 Å². The minimum absolute atomic E-state index is 0.229. The summed E-state index contributed by atoms with van der Waals surface area (Å²) in [4.78, 5) is 0. The van der Waals surface area contributed by atoms with Crippen molar-refractivity contribution in [2.24, 2.45) is 11.3 Å². The molecule has 3 nitrogen and oxygen atoms in total. The highest BCUT2D eigenvalue weighted by Crippen LogP contribution is 2.34. The standard InChI is InChI=1S/C11H23NO2S/c1-5-15(13,14)12-8-6-10(7-9-12)11(2,3)4/h10H,5-9H2,1-4H3. The molecular formula is C11H23NO2S. The molecule has 90 valence electrons. The van der Waals surface area contributed by atoms with Crippen LogP contribution in [0.3, 0.4) is 0 Å². The average molecular weight is 233 g/mol. The molecule has 4 heteroatoms. The summed E-state index contributed by atoms with van der Waals surface area (Å²) in [5, 5.41) is 0. The summed E-state index contributed by atoms with van der Waals surface area (Å²) in [7, 11) is -2.96. The highest BCUT2D eigenvalue weighted by molar-refractivity contribution is 7.89. The fourth-order valence-corrected chi connectivity index (χ4v) is 3.31. The molecule has 0 N–H and O–H groups in total. The molecule has 1 saturated heterocycles. The van der Waals surface area contributed by atoms with Crippen LogP contribution in [0.4, 0.5) is 0 Å². The summed E-state index contributed by atoms with van der Waals surface area (Å²) in [5.74, 6) is 0.883. The highest BCUT2D eigenvalue weighted by Gasteiger charge is 2.32. The van der Waals surface area contributed by atoms with E-state index in [9.17, 15) is 8.42 Å². The van der Waals surface area contributed by atoms with E-state index in [4.69, 9.17) is 0 Å². The van der Waals surface area contributed by atoms with Crippen LogP contribution in [0.2, 0.25) is 0 Å². The zero-order valence-corrected chi connectivity index (χ0v) is 11.1. The van der Waals surface area contributed by atoms with Gasteiger partial charge in [-0.15, -0.1) is 0 Å². The first-order chi connectivity index (χ1) is 6.77. The van der Waals surface area contributed by atoms with Crippen LogP contribution in [-0.4, -0.2) is 31.6 Å². The Morgan fingerprint density at radius 3 is 2.00 bits per heavy atom. The molecule has 0 amide bonds. The SMILES string of the molecule is CCS(=O)(=O)N1CCC(C(C)(C)C)CC1. The van der Waals surface area contributed by atoms with Gasteiger partial charge in [-0.05, 0) is 31.1 Å². The molecule has 0 aromatic heterocycles. The molecule has 0 bridgehead atoms. The van der Waals surface area contributed by atoms with Crippen LogP contribution >= 0.6 is 0 Å². The quantitative estimate of drug-likeness (QED) is 0.732. The Labute approximate surface area is 93.9 Å². The number of hydrogen-bond donors (Lipinski definition) is 0. The van der Waals surface area contributed by atoms with Crippen molar-refractivity contribution >= 4 is 10.0 Å². The first kappa shape index (κ1) is 13.0. The molecule has 0 aromatic carbocycles. The van der Waals surface area contributed by atoms with E-state index in [-0.39, 0.29) is 5.75 Å². The maximum Gasteiger partial charge on any atom is 0.213 e. The van der Waals surface area contributed by atoms with Gasteiger partial charge in [0.15, 0.2) is 0 Å². The molecule has 1 aliphatic rings. The highest BCUT2D eigenvalue weighted by atomic mass is 32.2. The van der Waals surface area contributed by atoms with Crippen molar-refractivity contribution in [2.75, 3.05) is 18.8 Å². The largest absolute Gasteiger partial charge is 0.213 e. The van der Waals surface area contributed by atoms with E-state index in [0.717, 1.165) is 12.8 Å². The van der Waals surface area contributed by atoms with Gasteiger partial charge < -0.3 is 0 Å². The molecular weight excluding hydrogens is 210 g/mol. The van der Waals surface area contributed by atoms with Crippen molar-refractivity contribution < 1.29 is 8.42 Å². The van der Waals surface area contributed by atoms with Crippen LogP contribution in [-0.2, 0) is 10.0 Å². The van der Waals surface area contributed by atoms with E-state index in [1.807, 2.05) is 0 Å². The molecule has 0 saturated carbocycles. The number of hydrogen-bond acceptors (Lipinski definition) is 2. The van der Waals surface area contributed by atoms with Gasteiger partial charge in [0.1, 0.15) is 0 Å². The summed E-state index contributed by atoms with van der Waals surface area (Å²) >= 11 is 0. The predicted octanol–water partition coefficient (Wildman–Crippen LogP) is 2.09. The maximum absolute atomic E-state index is 11.6. The second-order valence-electron chi connectivity index (χ2n) is 5.44. The molecule has 1 rings (SSSR count). The monoisotopic (exact) mass is 233 g/mol. The summed E-state index contributed by atoms with van der Waals surface area (Å²) in [5.41, 5.74) is 0.308. The van der Waals surface area contributed by atoms with Gasteiger partial charge in [0, 0.05) is 13.1 Å². The first-order valence-electron chi connectivity index (χ1n) is 5.75. The molecule has 0 aromatic rings. The van der Waals surface area contributed by atoms with Gasteiger partial charge in [-0.25, -0.2) is 12.7 Å². The minimum Gasteiger partial charge on any atom is -0.212 e. The van der Waals surface area contributed by atoms with E-state index >= 15 is 0 Å². The van der Waals surface area contributed by atoms with Gasteiger partial charge in [0.25, 0.3) is 0 Å². The third-order valence-corrected chi connectivity index (χ3v) is 5.32. The number of rotatable bonds is 2. The second kappa shape index (κ2) is 4.42. The summed E-state index contributed by atoms with van der Waals surface area (Å²) in [6, 6.07) is 0. The third-order valence-electron chi connectivity index (χ3n) is 3.44. The molecule has 0 atom stereocenters. The van der Waals surface area contributed by atoms with E-state index in [0.29, 0.717) is 24.4 Å². The Balaban J connectivity index is 2.57. The lowest BCUT2D eigenvalue weighted by Gasteiger charge is -2.38. The van der Waals surface area contributed by atoms with Crippen molar-refractivity contribution in [3.05, 3.63) is 0 Å². The minimum atomic E-state index is -2.96. The topological polar surface area (TPSA) is 37.4 Å². The van der Waals surface area contributed by atoms with E-state index in [2.05, 4.69) is 20.8 Å². The van der Waals surface area contributed by atoms with Gasteiger partial charge in [-0.2, -0.15) is 0 Å². The Bertz CT molecular complexity index is 295. The van der Waals surface area contributed by atoms with Gasteiger partial charge in [0.2, 0.25) is 10.0 Å². The molecule has 0 spiro atoms. The van der Waals surface area contributed by atoms with E-state index in [1.165, 1.54) is 0 Å². The molecule has 15 heavy (non-hydrogen) atoms. The molecule has 1 aliphatic heterocycles. The molecule has 0 unspecified atom stereocenters. The van der Waals surface area contributed by atoms with Gasteiger partial charge in [0.05, 0.1) is 5.75 Å². The van der Waals surface area contributed by atoms with Gasteiger partial charge in [-0.1, -0.05) is 20.8 Å². The predicted molar refractivity (Wildman–Crippen MR) is 63.2 cm³/mol. The van der Waals surface area contributed by atoms with Crippen molar-refractivity contribution in [3.63, 3.8) is 0 Å². The van der Waals surface area contributed by atoms with Gasteiger partial charge in [-0.3, -0.25) is 0 Å². The number of sulfonamides is 1. The molecule has 1 heterocycles. The van der Waals surface area contributed by atoms with Crippen LogP contribution < -0.4 is 0 Å². The Hall–Kier alpha value is -0.0900. The Kier molecular flexibility index (Phi) is 3.82. The number of nitrogens with zero attached hydrogens (tertiary/aromatic N) is 1. The third kappa shape index (κ3) is 3.18. The van der Waals surface area contributed by atoms with Crippen LogP contribution in [0.25, 0.3) is 0 Å². The zero-order chi connectivity index (χ0) is 11.7. The lowest BCUT2D eigenvalue weighted by atomic mass is 9.76. The fourth-order valence-electron chi connectivity index (χ4n) is 2.18. The average Bonchev–Trinajstić information content (AvgIpc) is 2.17.